The molecule has 1 atom stereocenters. The number of amides is 2. The Kier molecular flexibility index (Phi) is 5.89. The predicted octanol–water partition coefficient (Wildman–Crippen LogP) is 0.920. The molecule has 1 aromatic rings. The zero-order chi connectivity index (χ0) is 18.7. The van der Waals surface area contributed by atoms with Gasteiger partial charge in [0.1, 0.15) is 5.01 Å². The van der Waals surface area contributed by atoms with E-state index in [9.17, 15) is 14.7 Å². The standard InChI is InChI=1S/C17H26N4O4S/c1-11(2)15-19-20-16(26-15)21-8-12(7-13(21)23)14(24)18-9-17(10-22)3-5-25-6-4-17/h11-12,22H,3-10H2,1-2H3,(H,18,24). The van der Waals surface area contributed by atoms with Crippen molar-refractivity contribution in [3.05, 3.63) is 5.01 Å². The molecular formula is C17H26N4O4S. The van der Waals surface area contributed by atoms with Crippen LogP contribution in [0.5, 0.6) is 0 Å². The maximum atomic E-state index is 12.5. The zero-order valence-corrected chi connectivity index (χ0v) is 16.0. The van der Waals surface area contributed by atoms with Crippen LogP contribution in [0.4, 0.5) is 5.13 Å². The van der Waals surface area contributed by atoms with Gasteiger partial charge in [-0.25, -0.2) is 0 Å². The van der Waals surface area contributed by atoms with E-state index < -0.39 is 5.92 Å². The first kappa shape index (κ1) is 19.2. The van der Waals surface area contributed by atoms with Crippen LogP contribution in [0.15, 0.2) is 0 Å². The molecule has 0 spiro atoms. The molecular weight excluding hydrogens is 356 g/mol. The minimum Gasteiger partial charge on any atom is -0.396 e. The van der Waals surface area contributed by atoms with E-state index in [1.807, 2.05) is 13.8 Å². The summed E-state index contributed by atoms with van der Waals surface area (Å²) in [5, 5.41) is 22.3. The summed E-state index contributed by atoms with van der Waals surface area (Å²) < 4.78 is 5.34. The van der Waals surface area contributed by atoms with Gasteiger partial charge in [0.15, 0.2) is 0 Å². The number of ether oxygens (including phenoxy) is 1. The van der Waals surface area contributed by atoms with Gasteiger partial charge in [-0.05, 0) is 12.8 Å². The Balaban J connectivity index is 1.58. The van der Waals surface area contributed by atoms with E-state index in [1.54, 1.807) is 4.90 Å². The molecule has 0 saturated carbocycles. The first-order chi connectivity index (χ1) is 12.4. The predicted molar refractivity (Wildman–Crippen MR) is 97.0 cm³/mol. The van der Waals surface area contributed by atoms with Gasteiger partial charge in [0.25, 0.3) is 0 Å². The lowest BCUT2D eigenvalue weighted by Crippen LogP contribution is -2.45. The quantitative estimate of drug-likeness (QED) is 0.758. The highest BCUT2D eigenvalue weighted by molar-refractivity contribution is 7.15. The molecule has 2 amide bonds. The molecule has 3 heterocycles. The van der Waals surface area contributed by atoms with Crippen molar-refractivity contribution >= 4 is 28.3 Å². The fourth-order valence-electron chi connectivity index (χ4n) is 3.25. The van der Waals surface area contributed by atoms with Gasteiger partial charge in [0, 0.05) is 44.1 Å². The van der Waals surface area contributed by atoms with Crippen LogP contribution in [0.3, 0.4) is 0 Å². The monoisotopic (exact) mass is 382 g/mol. The van der Waals surface area contributed by atoms with Crippen molar-refractivity contribution in [2.75, 3.05) is 37.8 Å². The fourth-order valence-corrected chi connectivity index (χ4v) is 4.12. The van der Waals surface area contributed by atoms with Crippen molar-refractivity contribution in [2.45, 2.75) is 39.0 Å². The molecule has 0 radical (unpaired) electrons. The van der Waals surface area contributed by atoms with Crippen LogP contribution in [-0.4, -0.2) is 60.0 Å². The number of hydrogen-bond donors (Lipinski definition) is 2. The summed E-state index contributed by atoms with van der Waals surface area (Å²) in [5.41, 5.74) is -0.318. The molecule has 2 fully saturated rings. The molecule has 3 rings (SSSR count). The van der Waals surface area contributed by atoms with Crippen molar-refractivity contribution in [3.8, 4) is 0 Å². The second-order valence-corrected chi connectivity index (χ2v) is 8.46. The maximum absolute atomic E-state index is 12.5. The van der Waals surface area contributed by atoms with E-state index in [4.69, 9.17) is 4.74 Å². The molecule has 8 nitrogen and oxygen atoms in total. The molecule has 0 aromatic carbocycles. The molecule has 0 aliphatic carbocycles. The lowest BCUT2D eigenvalue weighted by atomic mass is 9.81. The molecule has 26 heavy (non-hydrogen) atoms. The van der Waals surface area contributed by atoms with Gasteiger partial charge < -0.3 is 15.2 Å². The highest BCUT2D eigenvalue weighted by atomic mass is 32.1. The molecule has 1 aromatic heterocycles. The summed E-state index contributed by atoms with van der Waals surface area (Å²) in [6.07, 6.45) is 1.63. The third kappa shape index (κ3) is 4.05. The lowest BCUT2D eigenvalue weighted by molar-refractivity contribution is -0.127. The molecule has 2 saturated heterocycles. The molecule has 2 N–H and O–H groups in total. The Bertz CT molecular complexity index is 657. The van der Waals surface area contributed by atoms with Gasteiger partial charge in [-0.2, -0.15) is 0 Å². The number of aliphatic hydroxyl groups excluding tert-OH is 1. The van der Waals surface area contributed by atoms with Gasteiger partial charge >= 0.3 is 0 Å². The lowest BCUT2D eigenvalue weighted by Gasteiger charge is -2.35. The largest absolute Gasteiger partial charge is 0.396 e. The van der Waals surface area contributed by atoms with Gasteiger partial charge in [0.05, 0.1) is 12.5 Å². The average Bonchev–Trinajstić information content (AvgIpc) is 3.27. The van der Waals surface area contributed by atoms with Crippen molar-refractivity contribution in [1.29, 1.82) is 0 Å². The van der Waals surface area contributed by atoms with Crippen LogP contribution in [0.25, 0.3) is 0 Å². The third-order valence-corrected chi connectivity index (χ3v) is 6.42. The summed E-state index contributed by atoms with van der Waals surface area (Å²) in [5.74, 6) is -0.384. The van der Waals surface area contributed by atoms with Crippen LogP contribution < -0.4 is 10.2 Å². The van der Waals surface area contributed by atoms with E-state index in [-0.39, 0.29) is 36.2 Å². The zero-order valence-electron chi connectivity index (χ0n) is 15.2. The first-order valence-corrected chi connectivity index (χ1v) is 9.86. The number of hydrogen-bond acceptors (Lipinski definition) is 7. The molecule has 1 unspecified atom stereocenters. The molecule has 2 aliphatic rings. The van der Waals surface area contributed by atoms with Crippen molar-refractivity contribution < 1.29 is 19.4 Å². The summed E-state index contributed by atoms with van der Waals surface area (Å²) in [4.78, 5) is 26.4. The maximum Gasteiger partial charge on any atom is 0.229 e. The molecule has 2 aliphatic heterocycles. The Labute approximate surface area is 156 Å². The summed E-state index contributed by atoms with van der Waals surface area (Å²) >= 11 is 1.40. The number of carbonyl (C=O) groups is 2. The summed E-state index contributed by atoms with van der Waals surface area (Å²) in [7, 11) is 0. The van der Waals surface area contributed by atoms with E-state index in [0.29, 0.717) is 31.4 Å². The molecule has 9 heteroatoms. The first-order valence-electron chi connectivity index (χ1n) is 9.04. The highest BCUT2D eigenvalue weighted by Crippen LogP contribution is 2.32. The molecule has 144 valence electrons. The smallest absolute Gasteiger partial charge is 0.229 e. The Morgan fingerprint density at radius 1 is 1.42 bits per heavy atom. The minimum atomic E-state index is -0.399. The van der Waals surface area contributed by atoms with Gasteiger partial charge in [0.2, 0.25) is 16.9 Å². The van der Waals surface area contributed by atoms with Crippen LogP contribution in [-0.2, 0) is 14.3 Å². The summed E-state index contributed by atoms with van der Waals surface area (Å²) in [6, 6.07) is 0. The normalized spacial score (nSPS) is 22.8. The second kappa shape index (κ2) is 7.98. The van der Waals surface area contributed by atoms with Crippen LogP contribution >= 0.6 is 11.3 Å². The van der Waals surface area contributed by atoms with Crippen molar-refractivity contribution in [2.24, 2.45) is 11.3 Å². The van der Waals surface area contributed by atoms with E-state index in [0.717, 1.165) is 17.8 Å². The van der Waals surface area contributed by atoms with Gasteiger partial charge in [-0.3, -0.25) is 14.5 Å². The second-order valence-electron chi connectivity index (χ2n) is 7.47. The number of rotatable bonds is 6. The fraction of sp³-hybridized carbons (Fsp3) is 0.765. The average molecular weight is 382 g/mol. The van der Waals surface area contributed by atoms with Crippen LogP contribution in [0.2, 0.25) is 0 Å². The van der Waals surface area contributed by atoms with Crippen LogP contribution in [0.1, 0.15) is 44.0 Å². The number of carbonyl (C=O) groups excluding carboxylic acids is 2. The third-order valence-electron chi connectivity index (χ3n) is 5.18. The van der Waals surface area contributed by atoms with E-state index in [1.165, 1.54) is 11.3 Å². The van der Waals surface area contributed by atoms with E-state index in [2.05, 4.69) is 15.5 Å². The number of aliphatic hydroxyl groups is 1. The topological polar surface area (TPSA) is 105 Å². The van der Waals surface area contributed by atoms with E-state index >= 15 is 0 Å². The van der Waals surface area contributed by atoms with Crippen molar-refractivity contribution in [1.82, 2.24) is 15.5 Å². The summed E-state index contributed by atoms with van der Waals surface area (Å²) in [6.45, 7) is 6.01. The SMILES string of the molecule is CC(C)c1nnc(N2CC(C(=O)NCC3(CO)CCOCC3)CC2=O)s1. The Morgan fingerprint density at radius 2 is 2.15 bits per heavy atom. The number of aromatic nitrogens is 2. The Morgan fingerprint density at radius 3 is 2.77 bits per heavy atom. The van der Waals surface area contributed by atoms with Crippen molar-refractivity contribution in [3.63, 3.8) is 0 Å². The number of nitrogens with one attached hydrogen (secondary N) is 1. The van der Waals surface area contributed by atoms with Gasteiger partial charge in [-0.15, -0.1) is 10.2 Å². The number of anilines is 1. The van der Waals surface area contributed by atoms with Crippen LogP contribution in [0, 0.1) is 11.3 Å². The Hall–Kier alpha value is -1.58. The number of nitrogens with zero attached hydrogens (tertiary/aromatic N) is 3. The minimum absolute atomic E-state index is 0.0229. The molecule has 0 bridgehead atoms. The van der Waals surface area contributed by atoms with Gasteiger partial charge in [-0.1, -0.05) is 25.2 Å². The highest BCUT2D eigenvalue weighted by Gasteiger charge is 2.38.